The molecule has 6 heteroatoms. The summed E-state index contributed by atoms with van der Waals surface area (Å²) in [6.07, 6.45) is 3.53. The summed E-state index contributed by atoms with van der Waals surface area (Å²) in [6, 6.07) is 7.26. The van der Waals surface area contributed by atoms with Gasteiger partial charge in [-0.05, 0) is 51.1 Å². The maximum absolute atomic E-state index is 13.6. The number of carbonyl (C=O) groups excluding carboxylic acids is 1. The van der Waals surface area contributed by atoms with E-state index in [1.807, 2.05) is 45.1 Å². The molecule has 6 nitrogen and oxygen atoms in total. The molecule has 0 N–H and O–H groups in total. The maximum atomic E-state index is 13.6. The lowest BCUT2D eigenvalue weighted by Crippen LogP contribution is -2.43. The third-order valence-electron chi connectivity index (χ3n) is 5.70. The molecule has 0 bridgehead atoms. The van der Waals surface area contributed by atoms with E-state index in [1.54, 1.807) is 19.2 Å². The second-order valence-electron chi connectivity index (χ2n) is 8.18. The normalized spacial score (nSPS) is 22.3. The average molecular weight is 408 g/mol. The number of Topliss-reactive ketones (excluding diaryl/α,β-unsaturated/α-hetero) is 1. The molecular weight excluding hydrogens is 384 g/mol. The zero-order valence-electron chi connectivity index (χ0n) is 17.5. The maximum Gasteiger partial charge on any atom is 0.178 e. The van der Waals surface area contributed by atoms with Gasteiger partial charge in [-0.15, -0.1) is 0 Å². The summed E-state index contributed by atoms with van der Waals surface area (Å²) < 4.78 is 29.5. The molecule has 3 aliphatic heterocycles. The number of rotatable bonds is 3. The largest absolute Gasteiger partial charge is 0.493 e. The SMILES string of the molecule is CCOc1cc2c(cc1OC)OCC1Oc3c(ccc4c3C=CC(C)(C)O4)C(=O)C21. The van der Waals surface area contributed by atoms with E-state index in [1.165, 1.54) is 0 Å². The Labute approximate surface area is 175 Å². The molecule has 5 rings (SSSR count). The number of methoxy groups -OCH3 is 1. The summed E-state index contributed by atoms with van der Waals surface area (Å²) in [4.78, 5) is 13.6. The Hall–Kier alpha value is -3.15. The van der Waals surface area contributed by atoms with Crippen molar-refractivity contribution in [1.82, 2.24) is 0 Å². The summed E-state index contributed by atoms with van der Waals surface area (Å²) in [5.74, 6) is 2.63. The Morgan fingerprint density at radius 2 is 2.00 bits per heavy atom. The van der Waals surface area contributed by atoms with Crippen molar-refractivity contribution in [2.24, 2.45) is 0 Å². The number of ketones is 1. The minimum absolute atomic E-state index is 0.0134. The van der Waals surface area contributed by atoms with E-state index in [2.05, 4.69) is 0 Å². The molecular formula is C24H24O6. The first-order valence-electron chi connectivity index (χ1n) is 10.2. The number of ether oxygens (including phenoxy) is 5. The van der Waals surface area contributed by atoms with Gasteiger partial charge in [-0.25, -0.2) is 0 Å². The van der Waals surface area contributed by atoms with Gasteiger partial charge < -0.3 is 23.7 Å². The highest BCUT2D eigenvalue weighted by Crippen LogP contribution is 2.49. The molecule has 3 heterocycles. The topological polar surface area (TPSA) is 63.2 Å². The van der Waals surface area contributed by atoms with Crippen molar-refractivity contribution >= 4 is 11.9 Å². The van der Waals surface area contributed by atoms with Gasteiger partial charge in [0.05, 0.1) is 30.8 Å². The molecule has 2 atom stereocenters. The lowest BCUT2D eigenvalue weighted by Gasteiger charge is -2.38. The van der Waals surface area contributed by atoms with E-state index in [9.17, 15) is 4.79 Å². The van der Waals surface area contributed by atoms with Crippen LogP contribution in [0.3, 0.4) is 0 Å². The molecule has 0 radical (unpaired) electrons. The third kappa shape index (κ3) is 2.82. The fourth-order valence-electron chi connectivity index (χ4n) is 4.30. The summed E-state index contributed by atoms with van der Waals surface area (Å²) >= 11 is 0. The smallest absolute Gasteiger partial charge is 0.178 e. The Morgan fingerprint density at radius 3 is 2.77 bits per heavy atom. The van der Waals surface area contributed by atoms with E-state index in [-0.39, 0.29) is 12.4 Å². The van der Waals surface area contributed by atoms with Crippen LogP contribution in [0.25, 0.3) is 6.08 Å². The highest BCUT2D eigenvalue weighted by atomic mass is 16.5. The minimum atomic E-state index is -0.464. The van der Waals surface area contributed by atoms with Gasteiger partial charge in [-0.3, -0.25) is 4.79 Å². The molecule has 0 spiro atoms. The van der Waals surface area contributed by atoms with Crippen LogP contribution in [0.2, 0.25) is 0 Å². The van der Waals surface area contributed by atoms with Crippen molar-refractivity contribution in [1.29, 1.82) is 0 Å². The molecule has 0 amide bonds. The molecule has 0 saturated heterocycles. The van der Waals surface area contributed by atoms with Crippen LogP contribution in [0.1, 0.15) is 48.2 Å². The van der Waals surface area contributed by atoms with Crippen molar-refractivity contribution in [2.75, 3.05) is 20.3 Å². The fourth-order valence-corrected chi connectivity index (χ4v) is 4.30. The second-order valence-corrected chi connectivity index (χ2v) is 8.18. The van der Waals surface area contributed by atoms with E-state index in [0.29, 0.717) is 40.9 Å². The van der Waals surface area contributed by atoms with Crippen molar-refractivity contribution in [3.63, 3.8) is 0 Å². The molecule has 3 aliphatic rings. The monoisotopic (exact) mass is 408 g/mol. The van der Waals surface area contributed by atoms with Crippen LogP contribution in [0, 0.1) is 0 Å². The molecule has 0 aliphatic carbocycles. The Kier molecular flexibility index (Phi) is 4.20. The highest BCUT2D eigenvalue weighted by Gasteiger charge is 2.45. The molecule has 2 unspecified atom stereocenters. The van der Waals surface area contributed by atoms with Crippen LogP contribution >= 0.6 is 0 Å². The number of benzene rings is 2. The van der Waals surface area contributed by atoms with Crippen LogP contribution in [0.15, 0.2) is 30.3 Å². The Morgan fingerprint density at radius 1 is 1.17 bits per heavy atom. The molecule has 0 aromatic heterocycles. The van der Waals surface area contributed by atoms with E-state index >= 15 is 0 Å². The Bertz CT molecular complexity index is 1070. The average Bonchev–Trinajstić information content (AvgIpc) is 2.72. The number of carbonyl (C=O) groups is 1. The predicted molar refractivity (Wildman–Crippen MR) is 111 cm³/mol. The lowest BCUT2D eigenvalue weighted by molar-refractivity contribution is 0.0552. The summed E-state index contributed by atoms with van der Waals surface area (Å²) in [5.41, 5.74) is 1.72. The van der Waals surface area contributed by atoms with Gasteiger partial charge >= 0.3 is 0 Å². The lowest BCUT2D eigenvalue weighted by atomic mass is 9.81. The molecule has 0 fully saturated rings. The summed E-state index contributed by atoms with van der Waals surface area (Å²) in [7, 11) is 1.58. The van der Waals surface area contributed by atoms with Gasteiger partial charge in [0.2, 0.25) is 0 Å². The quantitative estimate of drug-likeness (QED) is 0.750. The zero-order valence-corrected chi connectivity index (χ0v) is 17.5. The van der Waals surface area contributed by atoms with Crippen LogP contribution < -0.4 is 23.7 Å². The first-order chi connectivity index (χ1) is 14.4. The molecule has 156 valence electrons. The second kappa shape index (κ2) is 6.69. The van der Waals surface area contributed by atoms with Gasteiger partial charge in [0, 0.05) is 11.6 Å². The fraction of sp³-hybridized carbons (Fsp3) is 0.375. The summed E-state index contributed by atoms with van der Waals surface area (Å²) in [5, 5.41) is 0. The van der Waals surface area contributed by atoms with Crippen molar-refractivity contribution < 1.29 is 28.5 Å². The summed E-state index contributed by atoms with van der Waals surface area (Å²) in [6.45, 7) is 6.66. The van der Waals surface area contributed by atoms with E-state index < -0.39 is 17.6 Å². The van der Waals surface area contributed by atoms with Crippen LogP contribution in [0.4, 0.5) is 0 Å². The highest BCUT2D eigenvalue weighted by molar-refractivity contribution is 6.06. The minimum Gasteiger partial charge on any atom is -0.493 e. The van der Waals surface area contributed by atoms with Gasteiger partial charge in [0.15, 0.2) is 17.3 Å². The molecule has 30 heavy (non-hydrogen) atoms. The Balaban J connectivity index is 1.60. The molecule has 2 aromatic rings. The standard InChI is InChI=1S/C24H24O6/c1-5-27-19-10-15-17(11-18(19)26-4)28-12-20-21(15)22(25)14-6-7-16-13(23(14)29-20)8-9-24(2,3)30-16/h6-11,20-21H,5,12H2,1-4H3. The van der Waals surface area contributed by atoms with Crippen LogP contribution in [0.5, 0.6) is 28.7 Å². The number of hydrogen-bond acceptors (Lipinski definition) is 6. The van der Waals surface area contributed by atoms with Gasteiger partial charge in [0.1, 0.15) is 35.6 Å². The van der Waals surface area contributed by atoms with E-state index in [4.69, 9.17) is 23.7 Å². The first-order valence-corrected chi connectivity index (χ1v) is 10.2. The first kappa shape index (κ1) is 18.9. The van der Waals surface area contributed by atoms with Gasteiger partial charge in [-0.2, -0.15) is 0 Å². The van der Waals surface area contributed by atoms with Crippen molar-refractivity contribution in [2.45, 2.75) is 38.4 Å². The van der Waals surface area contributed by atoms with Crippen LogP contribution in [-0.4, -0.2) is 37.8 Å². The van der Waals surface area contributed by atoms with E-state index in [0.717, 1.165) is 11.1 Å². The van der Waals surface area contributed by atoms with Gasteiger partial charge in [-0.1, -0.05) is 0 Å². The molecule has 0 saturated carbocycles. The van der Waals surface area contributed by atoms with Crippen LogP contribution in [-0.2, 0) is 0 Å². The third-order valence-corrected chi connectivity index (χ3v) is 5.70. The van der Waals surface area contributed by atoms with Crippen molar-refractivity contribution in [3.05, 3.63) is 47.0 Å². The predicted octanol–water partition coefficient (Wildman–Crippen LogP) is 4.40. The number of fused-ring (bicyclic) bond motifs is 6. The number of hydrogen-bond donors (Lipinski definition) is 0. The van der Waals surface area contributed by atoms with Crippen molar-refractivity contribution in [3.8, 4) is 28.7 Å². The molecule has 2 aromatic carbocycles. The zero-order chi connectivity index (χ0) is 21.0. The van der Waals surface area contributed by atoms with Gasteiger partial charge in [0.25, 0.3) is 0 Å².